The van der Waals surface area contributed by atoms with Crippen LogP contribution >= 0.6 is 0 Å². The van der Waals surface area contributed by atoms with Crippen LogP contribution in [0.5, 0.6) is 0 Å². The summed E-state index contributed by atoms with van der Waals surface area (Å²) in [7, 11) is 0. The van der Waals surface area contributed by atoms with Crippen molar-refractivity contribution in [3.63, 3.8) is 0 Å². The Hall–Kier alpha value is -0.770. The zero-order valence-electron chi connectivity index (χ0n) is 16.4. The summed E-state index contributed by atoms with van der Waals surface area (Å²) in [5.74, 6) is 1.26. The maximum Gasteiger partial charge on any atom is 0.164 e. The topological polar surface area (TPSA) is 54.4 Å². The van der Waals surface area contributed by atoms with Crippen LogP contribution in [0.1, 0.15) is 72.1 Å². The van der Waals surface area contributed by atoms with Crippen molar-refractivity contribution in [3.8, 4) is 0 Å². The van der Waals surface area contributed by atoms with Gasteiger partial charge in [0.1, 0.15) is 18.6 Å². The minimum atomic E-state index is -0.911. The quantitative estimate of drug-likeness (QED) is 0.802. The molecule has 3 nitrogen and oxygen atoms in total. The summed E-state index contributed by atoms with van der Waals surface area (Å²) < 4.78 is 15.8. The molecule has 26 heavy (non-hydrogen) atoms. The first kappa shape index (κ1) is 18.6. The van der Waals surface area contributed by atoms with Gasteiger partial charge in [0, 0.05) is 18.3 Å². The van der Waals surface area contributed by atoms with Gasteiger partial charge in [-0.1, -0.05) is 20.8 Å². The molecule has 4 aliphatic carbocycles. The first-order valence-electron chi connectivity index (χ1n) is 10.5. The molecule has 8 atom stereocenters. The van der Waals surface area contributed by atoms with Crippen LogP contribution in [0.2, 0.25) is 0 Å². The Morgan fingerprint density at radius 3 is 2.62 bits per heavy atom. The summed E-state index contributed by atoms with van der Waals surface area (Å²) in [6.45, 7) is 5.88. The van der Waals surface area contributed by atoms with Gasteiger partial charge in [-0.15, -0.1) is 0 Å². The number of aliphatic hydroxyl groups excluding tert-OH is 1. The molecular formula is C22H33FO3. The Morgan fingerprint density at radius 1 is 1.19 bits per heavy atom. The highest BCUT2D eigenvalue weighted by Gasteiger charge is 2.67. The van der Waals surface area contributed by atoms with Gasteiger partial charge in [-0.25, -0.2) is 4.39 Å². The van der Waals surface area contributed by atoms with E-state index in [2.05, 4.69) is 13.8 Å². The van der Waals surface area contributed by atoms with Crippen LogP contribution in [0.25, 0.3) is 0 Å². The maximum atomic E-state index is 15.8. The van der Waals surface area contributed by atoms with Crippen LogP contribution in [-0.4, -0.2) is 29.5 Å². The molecule has 4 fully saturated rings. The predicted octanol–water partition coefficient (Wildman–Crippen LogP) is 4.11. The summed E-state index contributed by atoms with van der Waals surface area (Å²) >= 11 is 0. The van der Waals surface area contributed by atoms with Gasteiger partial charge in [0.25, 0.3) is 0 Å². The number of ketones is 2. The molecule has 146 valence electrons. The van der Waals surface area contributed by atoms with Crippen LogP contribution < -0.4 is 0 Å². The van der Waals surface area contributed by atoms with Crippen molar-refractivity contribution in [2.24, 2.45) is 39.9 Å². The van der Waals surface area contributed by atoms with E-state index in [1.807, 2.05) is 6.92 Å². The number of hydrogen-bond acceptors (Lipinski definition) is 3. The van der Waals surface area contributed by atoms with E-state index in [-0.39, 0.29) is 22.5 Å². The second-order valence-electron chi connectivity index (χ2n) is 10.4. The third-order valence-electron chi connectivity index (χ3n) is 9.74. The second kappa shape index (κ2) is 5.86. The highest BCUT2D eigenvalue weighted by molar-refractivity contribution is 5.86. The fraction of sp³-hybridized carbons (Fsp3) is 0.909. The Kier molecular flexibility index (Phi) is 4.19. The molecule has 0 aliphatic heterocycles. The molecule has 0 radical (unpaired) electrons. The van der Waals surface area contributed by atoms with Gasteiger partial charge in [-0.2, -0.15) is 0 Å². The number of carbonyl (C=O) groups excluding carboxylic acids is 2. The first-order chi connectivity index (χ1) is 12.2. The second-order valence-corrected chi connectivity index (χ2v) is 10.4. The lowest BCUT2D eigenvalue weighted by Gasteiger charge is -2.62. The summed E-state index contributed by atoms with van der Waals surface area (Å²) in [5.41, 5.74) is -1.04. The molecule has 4 saturated carbocycles. The molecule has 4 aliphatic rings. The number of hydrogen-bond donors (Lipinski definition) is 1. The van der Waals surface area contributed by atoms with E-state index in [1.54, 1.807) is 0 Å². The number of Topliss-reactive ketones (excluding diaryl/α,β-unsaturated/α-hetero) is 2. The van der Waals surface area contributed by atoms with Crippen molar-refractivity contribution in [3.05, 3.63) is 0 Å². The van der Waals surface area contributed by atoms with Crippen molar-refractivity contribution in [2.75, 3.05) is 6.61 Å². The SMILES string of the molecule is C[C@]12CCC(=O)CC1CC[C@@H]1[C@@H]2[C@@H](F)C[C@@]2(C)[C@H]1CC[C@]2(C)C(=O)CO. The molecule has 0 aromatic heterocycles. The summed E-state index contributed by atoms with van der Waals surface area (Å²) in [6.07, 6.45) is 5.32. The predicted molar refractivity (Wildman–Crippen MR) is 97.2 cm³/mol. The van der Waals surface area contributed by atoms with E-state index in [1.165, 1.54) is 0 Å². The molecule has 0 bridgehead atoms. The van der Waals surface area contributed by atoms with E-state index in [9.17, 15) is 14.7 Å². The summed E-state index contributed by atoms with van der Waals surface area (Å²) in [4.78, 5) is 24.6. The Morgan fingerprint density at radius 2 is 1.92 bits per heavy atom. The van der Waals surface area contributed by atoms with Crippen LogP contribution in [0.15, 0.2) is 0 Å². The molecule has 0 aromatic rings. The summed E-state index contributed by atoms with van der Waals surface area (Å²) in [5, 5.41) is 9.51. The Labute approximate surface area is 156 Å². The minimum absolute atomic E-state index is 0.0269. The molecule has 0 spiro atoms. The normalized spacial score (nSPS) is 53.6. The lowest BCUT2D eigenvalue weighted by Crippen LogP contribution is -2.59. The van der Waals surface area contributed by atoms with Gasteiger partial charge in [0.2, 0.25) is 0 Å². The highest BCUT2D eigenvalue weighted by Crippen LogP contribution is 2.70. The van der Waals surface area contributed by atoms with Crippen molar-refractivity contribution >= 4 is 11.6 Å². The molecular weight excluding hydrogens is 331 g/mol. The Bertz CT molecular complexity index is 633. The molecule has 0 heterocycles. The minimum Gasteiger partial charge on any atom is -0.389 e. The average molecular weight is 365 g/mol. The Balaban J connectivity index is 1.70. The van der Waals surface area contributed by atoms with Crippen molar-refractivity contribution in [2.45, 2.75) is 78.3 Å². The van der Waals surface area contributed by atoms with E-state index in [0.29, 0.717) is 42.8 Å². The molecule has 4 rings (SSSR count). The van der Waals surface area contributed by atoms with E-state index < -0.39 is 18.2 Å². The third kappa shape index (κ3) is 2.20. The highest BCUT2D eigenvalue weighted by atomic mass is 19.1. The van der Waals surface area contributed by atoms with Gasteiger partial charge in [0.05, 0.1) is 0 Å². The molecule has 4 heteroatoms. The van der Waals surface area contributed by atoms with E-state index >= 15 is 4.39 Å². The van der Waals surface area contributed by atoms with Gasteiger partial charge in [0.15, 0.2) is 5.78 Å². The lowest BCUT2D eigenvalue weighted by atomic mass is 9.43. The van der Waals surface area contributed by atoms with Crippen LogP contribution in [0.3, 0.4) is 0 Å². The zero-order valence-corrected chi connectivity index (χ0v) is 16.4. The summed E-state index contributed by atoms with van der Waals surface area (Å²) in [6, 6.07) is 0. The first-order valence-corrected chi connectivity index (χ1v) is 10.5. The molecule has 0 aromatic carbocycles. The van der Waals surface area contributed by atoms with Gasteiger partial charge in [-0.05, 0) is 73.0 Å². The van der Waals surface area contributed by atoms with Gasteiger partial charge >= 0.3 is 0 Å². The molecule has 0 saturated heterocycles. The number of halogens is 1. The third-order valence-corrected chi connectivity index (χ3v) is 9.74. The molecule has 0 amide bonds. The standard InChI is InChI=1S/C22H33FO3/c1-20-8-6-14(25)10-13(20)4-5-15-16-7-9-21(2,18(26)12-24)22(16,3)11-17(23)19(15)20/h13,15-17,19,24H,4-12H2,1-3H3/t13?,15-,16-,17-,19+,20-,21+,22-/m0/s1. The lowest BCUT2D eigenvalue weighted by molar-refractivity contribution is -0.170. The van der Waals surface area contributed by atoms with E-state index in [0.717, 1.165) is 32.1 Å². The van der Waals surface area contributed by atoms with Gasteiger partial charge < -0.3 is 5.11 Å². The largest absolute Gasteiger partial charge is 0.389 e. The average Bonchev–Trinajstić information content (AvgIpc) is 2.86. The van der Waals surface area contributed by atoms with E-state index in [4.69, 9.17) is 0 Å². The van der Waals surface area contributed by atoms with Crippen LogP contribution in [0, 0.1) is 39.9 Å². The number of carbonyl (C=O) groups is 2. The van der Waals surface area contributed by atoms with Crippen molar-refractivity contribution in [1.82, 2.24) is 0 Å². The number of rotatable bonds is 2. The maximum absolute atomic E-state index is 15.8. The van der Waals surface area contributed by atoms with Crippen LogP contribution in [-0.2, 0) is 9.59 Å². The van der Waals surface area contributed by atoms with Crippen LogP contribution in [0.4, 0.5) is 4.39 Å². The van der Waals surface area contributed by atoms with Gasteiger partial charge in [-0.3, -0.25) is 9.59 Å². The number of fused-ring (bicyclic) bond motifs is 5. The van der Waals surface area contributed by atoms with Crippen molar-refractivity contribution < 1.29 is 19.1 Å². The van der Waals surface area contributed by atoms with Crippen molar-refractivity contribution in [1.29, 1.82) is 0 Å². The number of aliphatic hydroxyl groups is 1. The zero-order chi connectivity index (χ0) is 18.9. The molecule has 1 unspecified atom stereocenters. The number of alkyl halides is 1. The molecule has 1 N–H and O–H groups in total. The smallest absolute Gasteiger partial charge is 0.164 e. The fourth-order valence-corrected chi connectivity index (χ4v) is 7.97. The fourth-order valence-electron chi connectivity index (χ4n) is 7.97. The monoisotopic (exact) mass is 364 g/mol.